The van der Waals surface area contributed by atoms with Crippen LogP contribution in [0.25, 0.3) is 0 Å². The molecule has 0 saturated carbocycles. The lowest BCUT2D eigenvalue weighted by Gasteiger charge is -2.15. The van der Waals surface area contributed by atoms with Crippen LogP contribution in [0.5, 0.6) is 0 Å². The van der Waals surface area contributed by atoms with Gasteiger partial charge in [0.2, 0.25) is 0 Å². The number of aromatic amines is 1. The minimum Gasteiger partial charge on any atom is -0.394 e. The van der Waals surface area contributed by atoms with E-state index in [-0.39, 0.29) is 11.5 Å². The molecule has 2 rings (SSSR count). The summed E-state index contributed by atoms with van der Waals surface area (Å²) in [6.07, 6.45) is -3.41. The predicted molar refractivity (Wildman–Crippen MR) is 58.2 cm³/mol. The van der Waals surface area contributed by atoms with E-state index in [1.54, 1.807) is 0 Å². The van der Waals surface area contributed by atoms with Crippen LogP contribution in [-0.4, -0.2) is 62.3 Å². The molecule has 0 unspecified atom stereocenters. The fourth-order valence-electron chi connectivity index (χ4n) is 1.70. The van der Waals surface area contributed by atoms with Gasteiger partial charge in [-0.2, -0.15) is 0 Å². The van der Waals surface area contributed by atoms with Gasteiger partial charge in [0.1, 0.15) is 24.1 Å². The van der Waals surface area contributed by atoms with E-state index in [1.165, 1.54) is 6.33 Å². The molecular weight excluding hydrogens is 244 g/mol. The second-order valence-corrected chi connectivity index (χ2v) is 3.90. The monoisotopic (exact) mass is 258 g/mol. The molecule has 2 heterocycles. The summed E-state index contributed by atoms with van der Waals surface area (Å²) in [5.41, 5.74) is 5.43. The summed E-state index contributed by atoms with van der Waals surface area (Å²) < 4.78 is 5.08. The maximum Gasteiger partial charge on any atom is 0.275 e. The molecule has 1 fully saturated rings. The molecule has 0 radical (unpaired) electrons. The van der Waals surface area contributed by atoms with Crippen LogP contribution >= 0.6 is 0 Å². The number of carbonyl (C=O) groups is 1. The van der Waals surface area contributed by atoms with Gasteiger partial charge in [-0.15, -0.1) is 0 Å². The zero-order valence-electron chi connectivity index (χ0n) is 9.28. The summed E-state index contributed by atoms with van der Waals surface area (Å²) in [6.45, 7) is -0.463. The highest BCUT2D eigenvalue weighted by Crippen LogP contribution is 2.19. The molecular formula is C9H14N4O5. The number of hydrogen-bond acceptors (Lipinski definition) is 7. The van der Waals surface area contributed by atoms with E-state index >= 15 is 0 Å². The summed E-state index contributed by atoms with van der Waals surface area (Å²) in [5, 5.41) is 30.3. The second kappa shape index (κ2) is 4.90. The van der Waals surface area contributed by atoms with Crippen LogP contribution in [0.2, 0.25) is 0 Å². The first-order valence-corrected chi connectivity index (χ1v) is 5.26. The first-order valence-electron chi connectivity index (χ1n) is 5.26. The zero-order chi connectivity index (χ0) is 13.3. The molecule has 0 aromatic carbocycles. The number of nitrogens with one attached hydrogen (secondary N) is 2. The highest BCUT2D eigenvalue weighted by atomic mass is 16.6. The number of hydrogen-bond donors (Lipinski definition) is 6. The number of carbonyl (C=O) groups excluding carboxylic acids is 1. The third kappa shape index (κ3) is 2.16. The largest absolute Gasteiger partial charge is 0.394 e. The molecule has 0 spiro atoms. The molecule has 1 aromatic heterocycles. The molecule has 18 heavy (non-hydrogen) atoms. The van der Waals surface area contributed by atoms with Crippen molar-refractivity contribution in [3.8, 4) is 0 Å². The van der Waals surface area contributed by atoms with E-state index in [4.69, 9.17) is 15.6 Å². The van der Waals surface area contributed by atoms with Gasteiger partial charge in [0, 0.05) is 0 Å². The number of imidazole rings is 1. The average molecular weight is 258 g/mol. The van der Waals surface area contributed by atoms with Gasteiger partial charge in [0.15, 0.2) is 11.9 Å². The quantitative estimate of drug-likeness (QED) is 0.341. The summed E-state index contributed by atoms with van der Waals surface area (Å²) in [5.74, 6) is -0.567. The maximum atomic E-state index is 11.7. The fraction of sp³-hybridized carbons (Fsp3) is 0.556. The van der Waals surface area contributed by atoms with Gasteiger partial charge in [-0.1, -0.05) is 0 Å². The number of aliphatic hydroxyl groups is 3. The molecule has 7 N–H and O–H groups in total. The minimum absolute atomic E-state index is 0.0345. The van der Waals surface area contributed by atoms with Crippen LogP contribution < -0.4 is 11.1 Å². The Balaban J connectivity index is 2.03. The second-order valence-electron chi connectivity index (χ2n) is 3.90. The number of H-pyrrole nitrogens is 1. The molecule has 1 aliphatic rings. The standard InChI is InChI=1S/C9H14N4O5/c10-7-4(11-2-12-7)8(17)13-9-6(16)5(15)3(1-14)18-9/h2-3,5-6,9,14-16H,1,10H2,(H,11,12)(H,13,17)/t3-,5-,6-,9-/m1/s1. The number of rotatable bonds is 3. The number of aliphatic hydroxyl groups excluding tert-OH is 3. The highest BCUT2D eigenvalue weighted by Gasteiger charge is 2.43. The van der Waals surface area contributed by atoms with Crippen molar-refractivity contribution >= 4 is 11.7 Å². The number of ether oxygens (including phenoxy) is 1. The van der Waals surface area contributed by atoms with E-state index in [1.807, 2.05) is 0 Å². The Labute approximate surface area is 102 Å². The van der Waals surface area contributed by atoms with Crippen LogP contribution in [0, 0.1) is 0 Å². The number of anilines is 1. The molecule has 4 atom stereocenters. The van der Waals surface area contributed by atoms with Crippen molar-refractivity contribution in [3.05, 3.63) is 12.0 Å². The van der Waals surface area contributed by atoms with Crippen molar-refractivity contribution in [2.24, 2.45) is 0 Å². The number of aromatic nitrogens is 2. The van der Waals surface area contributed by atoms with Gasteiger partial charge in [-0.05, 0) is 0 Å². The molecule has 9 heteroatoms. The van der Waals surface area contributed by atoms with Gasteiger partial charge in [0.25, 0.3) is 5.91 Å². The van der Waals surface area contributed by atoms with Gasteiger partial charge < -0.3 is 36.1 Å². The summed E-state index contributed by atoms with van der Waals surface area (Å²) >= 11 is 0. The lowest BCUT2D eigenvalue weighted by Crippen LogP contribution is -2.44. The normalized spacial score (nSPS) is 31.5. The fourth-order valence-corrected chi connectivity index (χ4v) is 1.70. The van der Waals surface area contributed by atoms with Crippen LogP contribution in [-0.2, 0) is 4.74 Å². The Kier molecular flexibility index (Phi) is 3.48. The van der Waals surface area contributed by atoms with Gasteiger partial charge in [0.05, 0.1) is 12.9 Å². The Bertz CT molecular complexity index is 436. The molecule has 1 aliphatic heterocycles. The summed E-state index contributed by atoms with van der Waals surface area (Å²) in [4.78, 5) is 17.9. The SMILES string of the molecule is Nc1[nH]cnc1C(=O)N[C@@H]1O[C@H](CO)[C@@H](O)[C@H]1O. The summed E-state index contributed by atoms with van der Waals surface area (Å²) in [7, 11) is 0. The molecule has 100 valence electrons. The Morgan fingerprint density at radius 2 is 2.28 bits per heavy atom. The van der Waals surface area contributed by atoms with E-state index in [2.05, 4.69) is 15.3 Å². The van der Waals surface area contributed by atoms with Crippen LogP contribution in [0.4, 0.5) is 5.82 Å². The molecule has 0 bridgehead atoms. The third-order valence-electron chi connectivity index (χ3n) is 2.70. The van der Waals surface area contributed by atoms with E-state index in [0.717, 1.165) is 0 Å². The van der Waals surface area contributed by atoms with E-state index < -0.39 is 37.1 Å². The molecule has 1 saturated heterocycles. The van der Waals surface area contributed by atoms with Crippen molar-refractivity contribution in [3.63, 3.8) is 0 Å². The van der Waals surface area contributed by atoms with Crippen LogP contribution in [0.1, 0.15) is 10.5 Å². The smallest absolute Gasteiger partial charge is 0.275 e. The maximum absolute atomic E-state index is 11.7. The number of nitrogens with two attached hydrogens (primary N) is 1. The predicted octanol–water partition coefficient (Wildman–Crippen LogP) is -2.84. The molecule has 1 amide bonds. The average Bonchev–Trinajstić information content (AvgIpc) is 2.88. The van der Waals surface area contributed by atoms with E-state index in [0.29, 0.717) is 0 Å². The van der Waals surface area contributed by atoms with Crippen molar-refractivity contribution in [1.29, 1.82) is 0 Å². The first kappa shape index (κ1) is 12.8. The third-order valence-corrected chi connectivity index (χ3v) is 2.70. The Morgan fingerprint density at radius 1 is 1.56 bits per heavy atom. The molecule has 0 aliphatic carbocycles. The van der Waals surface area contributed by atoms with Gasteiger partial charge >= 0.3 is 0 Å². The van der Waals surface area contributed by atoms with Crippen LogP contribution in [0.3, 0.4) is 0 Å². The van der Waals surface area contributed by atoms with Gasteiger partial charge in [-0.3, -0.25) is 4.79 Å². The van der Waals surface area contributed by atoms with Crippen molar-refractivity contribution in [2.75, 3.05) is 12.3 Å². The zero-order valence-corrected chi connectivity index (χ0v) is 9.28. The Morgan fingerprint density at radius 3 is 2.78 bits per heavy atom. The minimum atomic E-state index is -1.33. The number of amides is 1. The highest BCUT2D eigenvalue weighted by molar-refractivity contribution is 5.96. The lowest BCUT2D eigenvalue weighted by atomic mass is 10.1. The van der Waals surface area contributed by atoms with Crippen molar-refractivity contribution in [1.82, 2.24) is 15.3 Å². The topological polar surface area (TPSA) is 154 Å². The number of nitrogen functional groups attached to an aromatic ring is 1. The number of nitrogens with zero attached hydrogens (tertiary/aromatic N) is 1. The Hall–Kier alpha value is -1.68. The van der Waals surface area contributed by atoms with Crippen LogP contribution in [0.15, 0.2) is 6.33 Å². The molecule has 9 nitrogen and oxygen atoms in total. The lowest BCUT2D eigenvalue weighted by molar-refractivity contribution is -0.0304. The molecule has 1 aromatic rings. The van der Waals surface area contributed by atoms with E-state index in [9.17, 15) is 15.0 Å². The first-order chi connectivity index (χ1) is 8.54. The van der Waals surface area contributed by atoms with Crippen molar-refractivity contribution < 1.29 is 24.9 Å². The summed E-state index contributed by atoms with van der Waals surface area (Å²) in [6, 6.07) is 0. The van der Waals surface area contributed by atoms with Gasteiger partial charge in [-0.25, -0.2) is 4.98 Å². The van der Waals surface area contributed by atoms with Crippen molar-refractivity contribution in [2.45, 2.75) is 24.5 Å².